The summed E-state index contributed by atoms with van der Waals surface area (Å²) in [7, 11) is -4.23. The molecule has 208 valence electrons. The van der Waals surface area contributed by atoms with Gasteiger partial charge in [0, 0.05) is 0 Å². The Kier molecular flexibility index (Phi) is 27.4. The molecule has 4 N–H and O–H groups in total. The first-order valence-corrected chi connectivity index (χ1v) is 15.9. The van der Waals surface area contributed by atoms with Gasteiger partial charge in [-0.3, -0.25) is 4.55 Å². The van der Waals surface area contributed by atoms with E-state index < -0.39 is 10.4 Å². The van der Waals surface area contributed by atoms with E-state index in [1.54, 1.807) is 25.7 Å². The summed E-state index contributed by atoms with van der Waals surface area (Å²) in [5, 5.41) is 0. The summed E-state index contributed by atoms with van der Waals surface area (Å²) < 4.78 is 33.0. The van der Waals surface area contributed by atoms with Crippen molar-refractivity contribution in [2.75, 3.05) is 6.61 Å². The molecule has 0 radical (unpaired) electrons. The molecule has 6 heteroatoms. The first-order chi connectivity index (χ1) is 15.9. The van der Waals surface area contributed by atoms with Crippen molar-refractivity contribution in [1.29, 1.82) is 0 Å². The maximum Gasteiger partial charge on any atom is 0.397 e. The maximum atomic E-state index is 10.2. The summed E-state index contributed by atoms with van der Waals surface area (Å²) in [6, 6.07) is 0. The largest absolute Gasteiger partial charge is 0.397 e. The van der Waals surface area contributed by atoms with E-state index in [-0.39, 0.29) is 12.8 Å². The number of hydrogen-bond donors (Lipinski definition) is 2. The lowest BCUT2D eigenvalue weighted by Crippen LogP contribution is -2.20. The van der Waals surface area contributed by atoms with Gasteiger partial charge in [-0.15, -0.1) is 0 Å². The number of hydrogen-bond acceptors (Lipinski definition) is 4. The second-order valence-electron chi connectivity index (χ2n) is 10.2. The van der Waals surface area contributed by atoms with Gasteiger partial charge in [0.15, 0.2) is 0 Å². The van der Waals surface area contributed by atoms with Crippen molar-refractivity contribution in [3.05, 3.63) is 0 Å². The Morgan fingerprint density at radius 3 is 1.26 bits per heavy atom. The van der Waals surface area contributed by atoms with Crippen molar-refractivity contribution >= 4 is 10.4 Å². The van der Waals surface area contributed by atoms with Gasteiger partial charge in [-0.2, -0.15) is 8.42 Å². The molecule has 0 atom stereocenters. The molecule has 2 rings (SSSR count). The standard InChI is InChI=1S/C12H26O4S.C12H22.C4H10.H3N/c1-2-3-4-5-6-7-8-9-10-11-12-16-17(13,14)15;1-3-7-11(8-4-1)12-9-5-2-6-10-12;1-3-4-2;/h2-12H2,1H3,(H,13,14,15);11-12H,1-10H2;3-4H2,1-2H3;1H3. The third-order valence-corrected chi connectivity index (χ3v) is 7.66. The van der Waals surface area contributed by atoms with Crippen LogP contribution in [0.5, 0.6) is 0 Å². The fraction of sp³-hybridized carbons (Fsp3) is 1.00. The molecule has 0 aromatic heterocycles. The molecule has 0 aromatic rings. The summed E-state index contributed by atoms with van der Waals surface area (Å²) >= 11 is 0. The quantitative estimate of drug-likeness (QED) is 0.180. The third-order valence-electron chi connectivity index (χ3n) is 7.20. The molecular weight excluding hydrogens is 446 g/mol. The lowest BCUT2D eigenvalue weighted by atomic mass is 9.73. The van der Waals surface area contributed by atoms with Gasteiger partial charge < -0.3 is 6.15 Å². The zero-order valence-electron chi connectivity index (χ0n) is 23.2. The summed E-state index contributed by atoms with van der Waals surface area (Å²) in [6.45, 7) is 6.67. The molecule has 0 amide bonds. The normalized spacial score (nSPS) is 17.1. The van der Waals surface area contributed by atoms with E-state index in [9.17, 15) is 8.42 Å². The van der Waals surface area contributed by atoms with Crippen LogP contribution in [-0.2, 0) is 14.6 Å². The second kappa shape index (κ2) is 25.9. The molecule has 2 fully saturated rings. The van der Waals surface area contributed by atoms with E-state index >= 15 is 0 Å². The molecule has 5 nitrogen and oxygen atoms in total. The van der Waals surface area contributed by atoms with E-state index in [2.05, 4.69) is 25.0 Å². The van der Waals surface area contributed by atoms with Gasteiger partial charge in [-0.1, -0.05) is 156 Å². The van der Waals surface area contributed by atoms with Crippen molar-refractivity contribution < 1.29 is 17.2 Å². The average molecular weight is 508 g/mol. The molecule has 2 saturated carbocycles. The van der Waals surface area contributed by atoms with Gasteiger partial charge in [0.1, 0.15) is 0 Å². The van der Waals surface area contributed by atoms with Gasteiger partial charge in [0.05, 0.1) is 6.61 Å². The predicted molar refractivity (Wildman–Crippen MR) is 148 cm³/mol. The minimum atomic E-state index is -4.23. The molecule has 0 bridgehead atoms. The minimum Gasteiger partial charge on any atom is -0.344 e. The zero-order chi connectivity index (χ0) is 24.6. The molecule has 0 spiro atoms. The lowest BCUT2D eigenvalue weighted by Gasteiger charge is -2.32. The van der Waals surface area contributed by atoms with Crippen LogP contribution < -0.4 is 6.15 Å². The first kappa shape index (κ1) is 36.0. The van der Waals surface area contributed by atoms with Gasteiger partial charge in [0.2, 0.25) is 0 Å². The molecule has 2 aliphatic carbocycles. The highest BCUT2D eigenvalue weighted by atomic mass is 32.3. The minimum absolute atomic E-state index is 0. The van der Waals surface area contributed by atoms with Crippen LogP contribution in [-0.4, -0.2) is 19.6 Å². The van der Waals surface area contributed by atoms with Crippen LogP contribution in [0.15, 0.2) is 0 Å². The van der Waals surface area contributed by atoms with Crippen LogP contribution in [0.3, 0.4) is 0 Å². The average Bonchev–Trinajstić information content (AvgIpc) is 2.83. The Balaban J connectivity index is 0. The van der Waals surface area contributed by atoms with Crippen LogP contribution in [0.4, 0.5) is 0 Å². The highest BCUT2D eigenvalue weighted by Crippen LogP contribution is 2.37. The molecule has 34 heavy (non-hydrogen) atoms. The van der Waals surface area contributed by atoms with E-state index in [1.807, 2.05) is 0 Å². The van der Waals surface area contributed by atoms with E-state index in [4.69, 9.17) is 4.55 Å². The van der Waals surface area contributed by atoms with Crippen molar-refractivity contribution in [2.45, 2.75) is 162 Å². The smallest absolute Gasteiger partial charge is 0.344 e. The van der Waals surface area contributed by atoms with Gasteiger partial charge in [-0.05, 0) is 18.3 Å². The Morgan fingerprint density at radius 2 is 0.941 bits per heavy atom. The molecular formula is C28H61NO4S. The Hall–Kier alpha value is -0.170. The molecule has 0 heterocycles. The zero-order valence-corrected chi connectivity index (χ0v) is 24.0. The number of unbranched alkanes of at least 4 members (excludes halogenated alkanes) is 10. The summed E-state index contributed by atoms with van der Waals surface area (Å²) in [5.74, 6) is 2.28. The molecule has 0 unspecified atom stereocenters. The van der Waals surface area contributed by atoms with Crippen molar-refractivity contribution in [2.24, 2.45) is 11.8 Å². The molecule has 0 saturated heterocycles. The highest BCUT2D eigenvalue weighted by Gasteiger charge is 2.24. The molecule has 0 aliphatic heterocycles. The fourth-order valence-electron chi connectivity index (χ4n) is 4.96. The van der Waals surface area contributed by atoms with E-state index in [1.165, 1.54) is 96.3 Å². The monoisotopic (exact) mass is 507 g/mol. The van der Waals surface area contributed by atoms with E-state index in [0.29, 0.717) is 6.42 Å². The van der Waals surface area contributed by atoms with Crippen molar-refractivity contribution in [3.63, 3.8) is 0 Å². The fourth-order valence-corrected chi connectivity index (χ4v) is 5.29. The summed E-state index contributed by atoms with van der Waals surface area (Å²) in [6.07, 6.45) is 29.9. The SMILES string of the molecule is C1CCC(C2CCCCC2)CC1.CCCC.CCCCCCCCCCCCOS(=O)(=O)O.N. The topological polar surface area (TPSA) is 98.6 Å². The van der Waals surface area contributed by atoms with Crippen LogP contribution >= 0.6 is 0 Å². The lowest BCUT2D eigenvalue weighted by molar-refractivity contribution is 0.196. The Labute approximate surface area is 214 Å². The Bertz CT molecular complexity index is 469. The maximum absolute atomic E-state index is 10.2. The van der Waals surface area contributed by atoms with E-state index in [0.717, 1.165) is 24.7 Å². The van der Waals surface area contributed by atoms with Crippen LogP contribution in [0.25, 0.3) is 0 Å². The van der Waals surface area contributed by atoms with Crippen LogP contribution in [0.1, 0.15) is 162 Å². The predicted octanol–water partition coefficient (Wildman–Crippen LogP) is 9.84. The highest BCUT2D eigenvalue weighted by molar-refractivity contribution is 7.80. The second-order valence-corrected chi connectivity index (χ2v) is 11.3. The molecule has 2 aliphatic rings. The molecule has 0 aromatic carbocycles. The van der Waals surface area contributed by atoms with Crippen molar-refractivity contribution in [3.8, 4) is 0 Å². The van der Waals surface area contributed by atoms with Crippen LogP contribution in [0.2, 0.25) is 0 Å². The summed E-state index contributed by atoms with van der Waals surface area (Å²) in [5.41, 5.74) is 0. The first-order valence-electron chi connectivity index (χ1n) is 14.6. The summed E-state index contributed by atoms with van der Waals surface area (Å²) in [4.78, 5) is 0. The van der Waals surface area contributed by atoms with Crippen LogP contribution in [0, 0.1) is 11.8 Å². The number of rotatable bonds is 14. The van der Waals surface area contributed by atoms with Gasteiger partial charge in [-0.25, -0.2) is 4.18 Å². The van der Waals surface area contributed by atoms with Gasteiger partial charge >= 0.3 is 10.4 Å². The van der Waals surface area contributed by atoms with Crippen molar-refractivity contribution in [1.82, 2.24) is 6.15 Å². The third kappa shape index (κ3) is 24.9. The van der Waals surface area contributed by atoms with Gasteiger partial charge in [0.25, 0.3) is 0 Å². The Morgan fingerprint density at radius 1 is 0.588 bits per heavy atom.